The van der Waals surface area contributed by atoms with Crippen molar-refractivity contribution in [2.24, 2.45) is 5.41 Å². The third-order valence-electron chi connectivity index (χ3n) is 3.49. The summed E-state index contributed by atoms with van der Waals surface area (Å²) in [5, 5.41) is 2.26. The summed E-state index contributed by atoms with van der Waals surface area (Å²) in [6.07, 6.45) is 6.28. The van der Waals surface area contributed by atoms with Crippen LogP contribution in [0.3, 0.4) is 0 Å². The fraction of sp³-hybridized carbons (Fsp3) is 0.444. The van der Waals surface area contributed by atoms with Gasteiger partial charge >= 0.3 is 0 Å². The van der Waals surface area contributed by atoms with E-state index in [9.17, 15) is 0 Å². The Morgan fingerprint density at radius 3 is 2.39 bits per heavy atom. The maximum Gasteiger partial charge on any atom is -0.0113 e. The lowest BCUT2D eigenvalue weighted by Gasteiger charge is -2.31. The lowest BCUT2D eigenvalue weighted by molar-refractivity contribution is 0.303. The van der Waals surface area contributed by atoms with E-state index in [0.29, 0.717) is 11.3 Å². The van der Waals surface area contributed by atoms with Crippen molar-refractivity contribution in [3.8, 4) is 0 Å². The summed E-state index contributed by atoms with van der Waals surface area (Å²) in [6.45, 7) is 17.1. The normalized spacial score (nSPS) is 14.6. The van der Waals surface area contributed by atoms with Crippen molar-refractivity contribution >= 4 is 12.7 Å². The molecule has 18 heavy (non-hydrogen) atoms. The van der Waals surface area contributed by atoms with Crippen molar-refractivity contribution in [2.75, 3.05) is 0 Å². The smallest absolute Gasteiger partial charge is 0.0113 e. The molecule has 0 aliphatic rings. The third kappa shape index (κ3) is 3.60. The van der Waals surface area contributed by atoms with Gasteiger partial charge in [0.15, 0.2) is 0 Å². The SMILES string of the molecule is C=C/C=c1/ccc(C(CCC)C(C)(C)C)cc1=C. The van der Waals surface area contributed by atoms with Crippen molar-refractivity contribution in [3.63, 3.8) is 0 Å². The first-order chi connectivity index (χ1) is 8.40. The minimum atomic E-state index is 0.298. The van der Waals surface area contributed by atoms with Crippen LogP contribution >= 0.6 is 0 Å². The summed E-state index contributed by atoms with van der Waals surface area (Å²) in [4.78, 5) is 0. The Morgan fingerprint density at radius 1 is 1.28 bits per heavy atom. The monoisotopic (exact) mass is 242 g/mol. The highest BCUT2D eigenvalue weighted by Gasteiger charge is 2.25. The van der Waals surface area contributed by atoms with Crippen LogP contribution in [-0.4, -0.2) is 0 Å². The quantitative estimate of drug-likeness (QED) is 0.749. The van der Waals surface area contributed by atoms with E-state index in [2.05, 4.69) is 59.1 Å². The zero-order valence-corrected chi connectivity index (χ0v) is 12.3. The standard InChI is InChI=1S/C18H26/c1-7-9-15-11-12-16(13-14(15)3)17(10-8-2)18(4,5)6/h7,9,11-13,17H,1,3,8,10H2,2,4-6H3/b15-9-. The van der Waals surface area contributed by atoms with E-state index in [4.69, 9.17) is 0 Å². The van der Waals surface area contributed by atoms with Gasteiger partial charge in [0, 0.05) is 0 Å². The molecule has 0 saturated carbocycles. The summed E-state index contributed by atoms with van der Waals surface area (Å²) in [7, 11) is 0. The molecule has 0 amide bonds. The topological polar surface area (TPSA) is 0 Å². The molecule has 0 N–H and O–H groups in total. The molecule has 0 bridgehead atoms. The van der Waals surface area contributed by atoms with E-state index < -0.39 is 0 Å². The lowest BCUT2D eigenvalue weighted by Crippen LogP contribution is -2.26. The number of hydrogen-bond donors (Lipinski definition) is 0. The third-order valence-corrected chi connectivity index (χ3v) is 3.49. The van der Waals surface area contributed by atoms with Gasteiger partial charge in [0.25, 0.3) is 0 Å². The Labute approximate surface area is 112 Å². The van der Waals surface area contributed by atoms with E-state index in [0.717, 1.165) is 10.4 Å². The molecule has 1 rings (SSSR count). The van der Waals surface area contributed by atoms with Gasteiger partial charge in [0.2, 0.25) is 0 Å². The van der Waals surface area contributed by atoms with Crippen LogP contribution < -0.4 is 10.4 Å². The first-order valence-corrected chi connectivity index (χ1v) is 6.81. The molecule has 98 valence electrons. The maximum absolute atomic E-state index is 4.15. The molecular formula is C18H26. The van der Waals surface area contributed by atoms with Gasteiger partial charge in [-0.15, -0.1) is 0 Å². The van der Waals surface area contributed by atoms with Crippen LogP contribution in [0.2, 0.25) is 0 Å². The first kappa shape index (κ1) is 14.8. The Balaban J connectivity index is 3.24. The predicted octanol–water partition coefficient (Wildman–Crippen LogP) is 3.99. The molecule has 0 aliphatic heterocycles. The van der Waals surface area contributed by atoms with Crippen molar-refractivity contribution in [1.82, 2.24) is 0 Å². The van der Waals surface area contributed by atoms with E-state index in [-0.39, 0.29) is 0 Å². The second-order valence-electron chi connectivity index (χ2n) is 6.07. The largest absolute Gasteiger partial charge is 0.0990 e. The van der Waals surface area contributed by atoms with Crippen molar-refractivity contribution < 1.29 is 0 Å². The van der Waals surface area contributed by atoms with Gasteiger partial charge in [-0.3, -0.25) is 0 Å². The van der Waals surface area contributed by atoms with Gasteiger partial charge in [-0.1, -0.05) is 77.6 Å². The van der Waals surface area contributed by atoms with Gasteiger partial charge in [-0.25, -0.2) is 0 Å². The lowest BCUT2D eigenvalue weighted by atomic mass is 9.74. The molecule has 0 spiro atoms. The number of allylic oxidation sites excluding steroid dienone is 1. The zero-order chi connectivity index (χ0) is 13.8. The van der Waals surface area contributed by atoms with Crippen LogP contribution in [0.5, 0.6) is 0 Å². The molecule has 0 saturated heterocycles. The molecule has 0 heterocycles. The number of rotatable bonds is 4. The van der Waals surface area contributed by atoms with Gasteiger partial charge < -0.3 is 0 Å². The summed E-state index contributed by atoms with van der Waals surface area (Å²) in [5.74, 6) is 0.598. The van der Waals surface area contributed by atoms with Crippen molar-refractivity contribution in [3.05, 3.63) is 46.9 Å². The van der Waals surface area contributed by atoms with Crippen LogP contribution in [0, 0.1) is 5.41 Å². The van der Waals surface area contributed by atoms with Crippen LogP contribution in [0.15, 0.2) is 30.9 Å². The molecule has 1 aromatic carbocycles. The average molecular weight is 242 g/mol. The second kappa shape index (κ2) is 6.04. The summed E-state index contributed by atoms with van der Waals surface area (Å²) in [5.41, 5.74) is 1.71. The zero-order valence-electron chi connectivity index (χ0n) is 12.3. The van der Waals surface area contributed by atoms with Crippen LogP contribution in [0.4, 0.5) is 0 Å². The molecule has 0 heteroatoms. The van der Waals surface area contributed by atoms with Crippen LogP contribution in [0.25, 0.3) is 12.7 Å². The Kier molecular flexibility index (Phi) is 4.95. The maximum atomic E-state index is 4.15. The minimum Gasteiger partial charge on any atom is -0.0990 e. The fourth-order valence-electron chi connectivity index (χ4n) is 2.52. The van der Waals surface area contributed by atoms with E-state index in [1.165, 1.54) is 18.4 Å². The second-order valence-corrected chi connectivity index (χ2v) is 6.07. The molecule has 0 nitrogen and oxygen atoms in total. The molecule has 0 aliphatic carbocycles. The summed E-state index contributed by atoms with van der Waals surface area (Å²) >= 11 is 0. The van der Waals surface area contributed by atoms with Crippen LogP contribution in [-0.2, 0) is 0 Å². The van der Waals surface area contributed by atoms with Crippen molar-refractivity contribution in [2.45, 2.75) is 46.5 Å². The molecule has 0 radical (unpaired) electrons. The Bertz CT molecular complexity index is 500. The molecule has 0 fully saturated rings. The summed E-state index contributed by atoms with van der Waals surface area (Å²) < 4.78 is 0. The summed E-state index contributed by atoms with van der Waals surface area (Å²) in [6, 6.07) is 6.64. The van der Waals surface area contributed by atoms with Crippen LogP contribution in [0.1, 0.15) is 52.0 Å². The molecule has 1 aromatic rings. The minimum absolute atomic E-state index is 0.298. The highest BCUT2D eigenvalue weighted by molar-refractivity contribution is 5.38. The number of benzene rings is 1. The molecule has 1 unspecified atom stereocenters. The molecule has 0 aromatic heterocycles. The first-order valence-electron chi connectivity index (χ1n) is 6.81. The number of hydrogen-bond acceptors (Lipinski definition) is 0. The van der Waals surface area contributed by atoms with Gasteiger partial charge in [0.1, 0.15) is 0 Å². The predicted molar refractivity (Wildman–Crippen MR) is 83.0 cm³/mol. The van der Waals surface area contributed by atoms with Gasteiger partial charge in [-0.2, -0.15) is 0 Å². The van der Waals surface area contributed by atoms with E-state index >= 15 is 0 Å². The molecular weight excluding hydrogens is 216 g/mol. The van der Waals surface area contributed by atoms with Crippen molar-refractivity contribution in [1.29, 1.82) is 0 Å². The fourth-order valence-corrected chi connectivity index (χ4v) is 2.52. The Hall–Kier alpha value is -1.30. The highest BCUT2D eigenvalue weighted by atomic mass is 14.3. The Morgan fingerprint density at radius 2 is 1.94 bits per heavy atom. The van der Waals surface area contributed by atoms with Gasteiger partial charge in [0.05, 0.1) is 0 Å². The highest BCUT2D eigenvalue weighted by Crippen LogP contribution is 2.37. The van der Waals surface area contributed by atoms with Gasteiger partial charge in [-0.05, 0) is 33.8 Å². The molecule has 1 atom stereocenters. The van der Waals surface area contributed by atoms with E-state index in [1.54, 1.807) is 0 Å². The van der Waals surface area contributed by atoms with E-state index in [1.807, 2.05) is 12.2 Å². The average Bonchev–Trinajstić information content (AvgIpc) is 2.27.